The van der Waals surface area contributed by atoms with E-state index in [4.69, 9.17) is 4.74 Å². The van der Waals surface area contributed by atoms with Crippen LogP contribution < -0.4 is 5.32 Å². The van der Waals surface area contributed by atoms with Crippen LogP contribution in [0.15, 0.2) is 48.5 Å². The Kier molecular flexibility index (Phi) is 4.66. The van der Waals surface area contributed by atoms with Gasteiger partial charge in [-0.15, -0.1) is 0 Å². The van der Waals surface area contributed by atoms with Gasteiger partial charge in [-0.3, -0.25) is 4.90 Å². The first-order valence-electron chi connectivity index (χ1n) is 9.47. The van der Waals surface area contributed by atoms with Gasteiger partial charge in [0, 0.05) is 25.6 Å². The smallest absolute Gasteiger partial charge is 0.407 e. The summed E-state index contributed by atoms with van der Waals surface area (Å²) < 4.78 is 5.56. The van der Waals surface area contributed by atoms with Crippen LogP contribution in [0.4, 0.5) is 4.79 Å². The van der Waals surface area contributed by atoms with Gasteiger partial charge in [-0.1, -0.05) is 48.5 Å². The Labute approximate surface area is 160 Å². The van der Waals surface area contributed by atoms with Gasteiger partial charge >= 0.3 is 6.09 Å². The lowest BCUT2D eigenvalue weighted by atomic mass is 9.98. The second-order valence-electron chi connectivity index (χ2n) is 8.17. The predicted octanol–water partition coefficient (Wildman–Crippen LogP) is 2.98. The molecule has 0 radical (unpaired) electrons. The molecule has 5 nitrogen and oxygen atoms in total. The van der Waals surface area contributed by atoms with E-state index in [1.54, 1.807) is 13.8 Å². The number of nitrogens with one attached hydrogen (secondary N) is 1. The summed E-state index contributed by atoms with van der Waals surface area (Å²) in [6, 6.07) is 16.7. The average Bonchev–Trinajstić information content (AvgIpc) is 2.91. The molecule has 4 rings (SSSR count). The van der Waals surface area contributed by atoms with Crippen LogP contribution in [0.2, 0.25) is 0 Å². The first-order valence-corrected chi connectivity index (χ1v) is 9.47. The molecule has 142 valence electrons. The summed E-state index contributed by atoms with van der Waals surface area (Å²) in [4.78, 5) is 14.3. The third kappa shape index (κ3) is 3.84. The Morgan fingerprint density at radius 3 is 2.22 bits per heavy atom. The minimum atomic E-state index is -0.714. The quantitative estimate of drug-likeness (QED) is 0.854. The van der Waals surface area contributed by atoms with Crippen LogP contribution in [0.5, 0.6) is 0 Å². The van der Waals surface area contributed by atoms with E-state index < -0.39 is 5.60 Å². The third-order valence-corrected chi connectivity index (χ3v) is 5.23. The molecular weight excluding hydrogens is 340 g/mol. The molecule has 0 spiro atoms. The number of aliphatic hydroxyl groups is 1. The number of hydrogen-bond acceptors (Lipinski definition) is 4. The summed E-state index contributed by atoms with van der Waals surface area (Å²) in [6.45, 7) is 6.01. The summed E-state index contributed by atoms with van der Waals surface area (Å²) in [5, 5.41) is 12.8. The van der Waals surface area contributed by atoms with Gasteiger partial charge in [0.1, 0.15) is 6.61 Å². The first-order chi connectivity index (χ1) is 12.9. The highest BCUT2D eigenvalue weighted by atomic mass is 16.5. The number of carbonyl (C=O) groups excluding carboxylic acids is 1. The highest BCUT2D eigenvalue weighted by Crippen LogP contribution is 2.44. The van der Waals surface area contributed by atoms with Crippen LogP contribution in [0, 0.1) is 0 Å². The number of β-amino-alcohol motifs (C(OH)–C–C–N with tert-alkyl or cyclic N) is 1. The van der Waals surface area contributed by atoms with Crippen LogP contribution in [0.3, 0.4) is 0 Å². The number of hydrogen-bond donors (Lipinski definition) is 2. The van der Waals surface area contributed by atoms with E-state index in [1.807, 2.05) is 24.3 Å². The second kappa shape index (κ2) is 6.98. The molecule has 1 saturated heterocycles. The summed E-state index contributed by atoms with van der Waals surface area (Å²) >= 11 is 0. The second-order valence-corrected chi connectivity index (χ2v) is 8.17. The van der Waals surface area contributed by atoms with Crippen molar-refractivity contribution in [3.63, 3.8) is 0 Å². The Bertz CT molecular complexity index is 792. The van der Waals surface area contributed by atoms with Crippen molar-refractivity contribution >= 4 is 6.09 Å². The van der Waals surface area contributed by atoms with E-state index in [2.05, 4.69) is 34.5 Å². The minimum absolute atomic E-state index is 0.0798. The number of alkyl carbamates (subject to hydrolysis) is 1. The molecule has 0 saturated carbocycles. The topological polar surface area (TPSA) is 61.8 Å². The van der Waals surface area contributed by atoms with E-state index in [0.717, 1.165) is 13.1 Å². The first kappa shape index (κ1) is 18.0. The predicted molar refractivity (Wildman–Crippen MR) is 105 cm³/mol. The van der Waals surface area contributed by atoms with Crippen molar-refractivity contribution in [2.45, 2.75) is 31.4 Å². The van der Waals surface area contributed by atoms with Crippen LogP contribution in [0.1, 0.15) is 30.9 Å². The number of likely N-dealkylation sites (tertiary alicyclic amines) is 1. The van der Waals surface area contributed by atoms with Crippen molar-refractivity contribution in [2.24, 2.45) is 0 Å². The van der Waals surface area contributed by atoms with E-state index in [1.165, 1.54) is 22.3 Å². The number of nitrogens with zero attached hydrogens (tertiary/aromatic N) is 1. The lowest BCUT2D eigenvalue weighted by Gasteiger charge is -2.41. The van der Waals surface area contributed by atoms with Crippen LogP contribution in [-0.4, -0.2) is 54.0 Å². The molecular formula is C22H26N2O3. The molecule has 0 bridgehead atoms. The molecule has 2 aromatic carbocycles. The van der Waals surface area contributed by atoms with E-state index >= 15 is 0 Å². The number of benzene rings is 2. The molecule has 27 heavy (non-hydrogen) atoms. The summed E-state index contributed by atoms with van der Waals surface area (Å²) in [5.74, 6) is 0.0798. The summed E-state index contributed by atoms with van der Waals surface area (Å²) in [5.41, 5.74) is 4.17. The normalized spacial score (nSPS) is 17.1. The van der Waals surface area contributed by atoms with E-state index in [0.29, 0.717) is 13.2 Å². The highest BCUT2D eigenvalue weighted by molar-refractivity contribution is 5.79. The maximum Gasteiger partial charge on any atom is 0.407 e. The fourth-order valence-corrected chi connectivity index (χ4v) is 4.14. The van der Waals surface area contributed by atoms with Crippen LogP contribution in [-0.2, 0) is 4.74 Å². The van der Waals surface area contributed by atoms with Gasteiger partial charge in [0.15, 0.2) is 0 Å². The van der Waals surface area contributed by atoms with Crippen molar-refractivity contribution in [1.29, 1.82) is 0 Å². The third-order valence-electron chi connectivity index (χ3n) is 5.23. The Morgan fingerprint density at radius 1 is 1.11 bits per heavy atom. The van der Waals surface area contributed by atoms with Crippen LogP contribution >= 0.6 is 0 Å². The Balaban J connectivity index is 1.33. The van der Waals surface area contributed by atoms with Crippen LogP contribution in [0.25, 0.3) is 11.1 Å². The molecule has 0 unspecified atom stereocenters. The maximum absolute atomic E-state index is 12.2. The van der Waals surface area contributed by atoms with E-state index in [-0.39, 0.29) is 18.1 Å². The van der Waals surface area contributed by atoms with Gasteiger partial charge in [-0.25, -0.2) is 4.79 Å². The lowest BCUT2D eigenvalue weighted by Crippen LogP contribution is -2.61. The average molecular weight is 366 g/mol. The minimum Gasteiger partial charge on any atom is -0.449 e. The van der Waals surface area contributed by atoms with Crippen molar-refractivity contribution in [3.05, 3.63) is 59.7 Å². The molecule has 2 aromatic rings. The molecule has 1 aliphatic carbocycles. The summed E-state index contributed by atoms with van der Waals surface area (Å²) in [6.07, 6.45) is -0.371. The zero-order valence-electron chi connectivity index (χ0n) is 15.8. The van der Waals surface area contributed by atoms with Crippen molar-refractivity contribution in [3.8, 4) is 11.1 Å². The van der Waals surface area contributed by atoms with Gasteiger partial charge in [0.25, 0.3) is 0 Å². The number of fused-ring (bicyclic) bond motifs is 3. The fraction of sp³-hybridized carbons (Fsp3) is 0.409. The van der Waals surface area contributed by atoms with Crippen molar-refractivity contribution in [1.82, 2.24) is 10.2 Å². The zero-order chi connectivity index (χ0) is 19.0. The highest BCUT2D eigenvalue weighted by Gasteiger charge is 2.33. The molecule has 1 heterocycles. The molecule has 1 amide bonds. The maximum atomic E-state index is 12.2. The molecule has 0 aromatic heterocycles. The molecule has 1 aliphatic heterocycles. The van der Waals surface area contributed by atoms with Gasteiger partial charge in [-0.2, -0.15) is 0 Å². The van der Waals surface area contributed by atoms with Gasteiger partial charge < -0.3 is 15.2 Å². The fourth-order valence-electron chi connectivity index (χ4n) is 4.14. The van der Waals surface area contributed by atoms with Gasteiger partial charge in [0.2, 0.25) is 0 Å². The Hall–Kier alpha value is -2.37. The molecule has 1 fully saturated rings. The monoisotopic (exact) mass is 366 g/mol. The van der Waals surface area contributed by atoms with Crippen molar-refractivity contribution in [2.75, 3.05) is 26.2 Å². The zero-order valence-corrected chi connectivity index (χ0v) is 15.8. The number of amides is 1. The summed E-state index contributed by atoms with van der Waals surface area (Å²) in [7, 11) is 0. The molecule has 0 atom stereocenters. The largest absolute Gasteiger partial charge is 0.449 e. The number of carbonyl (C=O) groups is 1. The SMILES string of the molecule is CC(C)(O)CN1CC(NC(=O)OCC2c3ccccc3-c3ccccc32)C1. The molecule has 2 N–H and O–H groups in total. The van der Waals surface area contributed by atoms with Gasteiger partial charge in [0.05, 0.1) is 11.6 Å². The molecule has 5 heteroatoms. The number of rotatable bonds is 5. The van der Waals surface area contributed by atoms with Gasteiger partial charge in [-0.05, 0) is 36.1 Å². The molecule has 2 aliphatic rings. The van der Waals surface area contributed by atoms with E-state index in [9.17, 15) is 9.90 Å². The Morgan fingerprint density at radius 2 is 1.67 bits per heavy atom. The standard InChI is InChI=1S/C22H26N2O3/c1-22(2,26)14-24-11-15(12-24)23-21(25)27-13-20-18-9-5-3-7-16(18)17-8-4-6-10-19(17)20/h3-10,15,20,26H,11-14H2,1-2H3,(H,23,25). The number of ether oxygens (including phenoxy) is 1. The van der Waals surface area contributed by atoms with Crippen molar-refractivity contribution < 1.29 is 14.6 Å². The lowest BCUT2D eigenvalue weighted by molar-refractivity contribution is 0.00265.